The van der Waals surface area contributed by atoms with Crippen LogP contribution in [0.15, 0.2) is 24.3 Å². The number of carbonyl (C=O) groups excluding carboxylic acids is 1. The first kappa shape index (κ1) is 18.2. The minimum absolute atomic E-state index is 0. The van der Waals surface area contributed by atoms with Gasteiger partial charge in [0.25, 0.3) is 0 Å². The van der Waals surface area contributed by atoms with Gasteiger partial charge in [-0.2, -0.15) is 0 Å². The van der Waals surface area contributed by atoms with Crippen LogP contribution in [0, 0.1) is 0 Å². The fourth-order valence-electron chi connectivity index (χ4n) is 2.63. The molecule has 1 atom stereocenters. The molecule has 1 aromatic rings. The summed E-state index contributed by atoms with van der Waals surface area (Å²) < 4.78 is 0. The lowest BCUT2D eigenvalue weighted by Gasteiger charge is -2.38. The Morgan fingerprint density at radius 3 is 2.48 bits per heavy atom. The molecule has 0 aliphatic carbocycles. The zero-order valence-electron chi connectivity index (χ0n) is 12.5. The number of benzene rings is 1. The van der Waals surface area contributed by atoms with Gasteiger partial charge >= 0.3 is 0 Å². The number of rotatable bonds is 4. The maximum atomic E-state index is 11.8. The van der Waals surface area contributed by atoms with E-state index in [1.54, 1.807) is 7.05 Å². The van der Waals surface area contributed by atoms with Crippen molar-refractivity contribution in [1.29, 1.82) is 0 Å². The summed E-state index contributed by atoms with van der Waals surface area (Å²) in [7, 11) is 1.80. The van der Waals surface area contributed by atoms with E-state index in [9.17, 15) is 4.79 Å². The van der Waals surface area contributed by atoms with Gasteiger partial charge in [0.15, 0.2) is 0 Å². The van der Waals surface area contributed by atoms with Crippen LogP contribution in [0.25, 0.3) is 0 Å². The van der Waals surface area contributed by atoms with Gasteiger partial charge in [0.05, 0.1) is 6.54 Å². The summed E-state index contributed by atoms with van der Waals surface area (Å²) in [5.74, 6) is 0.178. The Hall–Kier alpha value is -0.810. The average molecular weight is 332 g/mol. The fraction of sp³-hybridized carbons (Fsp3) is 0.533. The molecule has 1 saturated heterocycles. The predicted octanol–water partition coefficient (Wildman–Crippen LogP) is 2.19. The lowest BCUT2D eigenvalue weighted by molar-refractivity contribution is -0.132. The topological polar surface area (TPSA) is 35.6 Å². The summed E-state index contributed by atoms with van der Waals surface area (Å²) in [6.45, 7) is 5.95. The number of carbonyl (C=O) groups is 1. The third kappa shape index (κ3) is 4.58. The number of hydrogen-bond donors (Lipinski definition) is 1. The van der Waals surface area contributed by atoms with Crippen molar-refractivity contribution in [2.75, 3.05) is 39.8 Å². The number of likely N-dealkylation sites (N-methyl/N-ethyl adjacent to an activating group) is 1. The summed E-state index contributed by atoms with van der Waals surface area (Å²) in [5.41, 5.74) is 1.16. The van der Waals surface area contributed by atoms with E-state index in [4.69, 9.17) is 11.6 Å². The van der Waals surface area contributed by atoms with E-state index in [0.717, 1.165) is 36.8 Å². The highest BCUT2D eigenvalue weighted by Crippen LogP contribution is 2.27. The van der Waals surface area contributed by atoms with Crippen LogP contribution in [0.2, 0.25) is 5.02 Å². The van der Waals surface area contributed by atoms with Crippen LogP contribution in [-0.4, -0.2) is 55.5 Å². The SMILES string of the molecule is CNCC(=O)N1CCN(C(C)c2ccccc2Cl)CC1.Cl. The minimum atomic E-state index is 0. The summed E-state index contributed by atoms with van der Waals surface area (Å²) in [4.78, 5) is 16.1. The molecule has 1 fully saturated rings. The molecule has 0 radical (unpaired) electrons. The Bertz CT molecular complexity index is 462. The van der Waals surface area contributed by atoms with E-state index in [0.29, 0.717) is 6.54 Å². The van der Waals surface area contributed by atoms with Crippen LogP contribution >= 0.6 is 24.0 Å². The Kier molecular flexibility index (Phi) is 7.46. The van der Waals surface area contributed by atoms with Gasteiger partial charge < -0.3 is 10.2 Å². The second kappa shape index (κ2) is 8.59. The zero-order valence-corrected chi connectivity index (χ0v) is 14.1. The third-order valence-electron chi connectivity index (χ3n) is 3.90. The van der Waals surface area contributed by atoms with E-state index >= 15 is 0 Å². The van der Waals surface area contributed by atoms with Crippen molar-refractivity contribution in [3.05, 3.63) is 34.9 Å². The van der Waals surface area contributed by atoms with Crippen molar-refractivity contribution in [3.8, 4) is 0 Å². The molecule has 21 heavy (non-hydrogen) atoms. The van der Waals surface area contributed by atoms with Crippen LogP contribution in [0.4, 0.5) is 0 Å². The molecule has 1 N–H and O–H groups in total. The molecule has 1 aliphatic heterocycles. The largest absolute Gasteiger partial charge is 0.339 e. The molecule has 2 rings (SSSR count). The van der Waals surface area contributed by atoms with Crippen LogP contribution in [-0.2, 0) is 4.79 Å². The molecule has 1 unspecified atom stereocenters. The van der Waals surface area contributed by atoms with Crippen LogP contribution < -0.4 is 5.32 Å². The van der Waals surface area contributed by atoms with Crippen molar-refractivity contribution in [2.24, 2.45) is 0 Å². The van der Waals surface area contributed by atoms with Gasteiger partial charge in [-0.25, -0.2) is 0 Å². The van der Waals surface area contributed by atoms with E-state index in [1.807, 2.05) is 23.1 Å². The van der Waals surface area contributed by atoms with Gasteiger partial charge in [-0.15, -0.1) is 12.4 Å². The summed E-state index contributed by atoms with van der Waals surface area (Å²) in [5, 5.41) is 3.72. The molecule has 0 saturated carbocycles. The minimum Gasteiger partial charge on any atom is -0.339 e. The Balaban J connectivity index is 0.00000220. The number of hydrogen-bond acceptors (Lipinski definition) is 3. The quantitative estimate of drug-likeness (QED) is 0.918. The zero-order chi connectivity index (χ0) is 14.5. The highest BCUT2D eigenvalue weighted by Gasteiger charge is 2.25. The molecule has 1 amide bonds. The molecular weight excluding hydrogens is 309 g/mol. The highest BCUT2D eigenvalue weighted by atomic mass is 35.5. The van der Waals surface area contributed by atoms with E-state index in [2.05, 4.69) is 23.2 Å². The molecule has 6 heteroatoms. The molecule has 1 heterocycles. The van der Waals surface area contributed by atoms with Crippen molar-refractivity contribution < 1.29 is 4.79 Å². The summed E-state index contributed by atoms with van der Waals surface area (Å²) in [6.07, 6.45) is 0. The monoisotopic (exact) mass is 331 g/mol. The smallest absolute Gasteiger partial charge is 0.236 e. The molecule has 0 aromatic heterocycles. The number of nitrogens with one attached hydrogen (secondary N) is 1. The van der Waals surface area contributed by atoms with Crippen molar-refractivity contribution in [2.45, 2.75) is 13.0 Å². The van der Waals surface area contributed by atoms with Gasteiger partial charge in [0.2, 0.25) is 5.91 Å². The van der Waals surface area contributed by atoms with Crippen molar-refractivity contribution in [1.82, 2.24) is 15.1 Å². The highest BCUT2D eigenvalue weighted by molar-refractivity contribution is 6.31. The Morgan fingerprint density at radius 1 is 1.29 bits per heavy atom. The maximum absolute atomic E-state index is 11.8. The second-order valence-corrected chi connectivity index (χ2v) is 5.55. The molecule has 1 aliphatic rings. The Morgan fingerprint density at radius 2 is 1.90 bits per heavy atom. The van der Waals surface area contributed by atoms with Crippen molar-refractivity contribution in [3.63, 3.8) is 0 Å². The van der Waals surface area contributed by atoms with Gasteiger partial charge in [-0.3, -0.25) is 9.69 Å². The first-order valence-electron chi connectivity index (χ1n) is 7.04. The first-order chi connectivity index (χ1) is 9.63. The van der Waals surface area contributed by atoms with Crippen LogP contribution in [0.3, 0.4) is 0 Å². The number of piperazine rings is 1. The maximum Gasteiger partial charge on any atom is 0.236 e. The average Bonchev–Trinajstić information content (AvgIpc) is 2.47. The number of amides is 1. The first-order valence-corrected chi connectivity index (χ1v) is 7.42. The van der Waals surface area contributed by atoms with Crippen LogP contribution in [0.1, 0.15) is 18.5 Å². The standard InChI is InChI=1S/C15H22ClN3O.ClH/c1-12(13-5-3-4-6-14(13)16)18-7-9-19(10-8-18)15(20)11-17-2;/h3-6,12,17H,7-11H2,1-2H3;1H. The predicted molar refractivity (Wildman–Crippen MR) is 89.2 cm³/mol. The second-order valence-electron chi connectivity index (χ2n) is 5.14. The van der Waals surface area contributed by atoms with Gasteiger partial charge in [0.1, 0.15) is 0 Å². The molecular formula is C15H23Cl2N3O. The molecule has 0 bridgehead atoms. The molecule has 4 nitrogen and oxygen atoms in total. The molecule has 118 valence electrons. The lowest BCUT2D eigenvalue weighted by Crippen LogP contribution is -2.51. The summed E-state index contributed by atoms with van der Waals surface area (Å²) >= 11 is 6.26. The lowest BCUT2D eigenvalue weighted by atomic mass is 10.1. The molecule has 0 spiro atoms. The van der Waals surface area contributed by atoms with E-state index in [1.165, 1.54) is 0 Å². The third-order valence-corrected chi connectivity index (χ3v) is 4.24. The number of nitrogens with zero attached hydrogens (tertiary/aromatic N) is 2. The normalized spacial score (nSPS) is 17.2. The van der Waals surface area contributed by atoms with E-state index < -0.39 is 0 Å². The summed E-state index contributed by atoms with van der Waals surface area (Å²) in [6, 6.07) is 8.26. The van der Waals surface area contributed by atoms with Crippen molar-refractivity contribution >= 4 is 29.9 Å². The van der Waals surface area contributed by atoms with Crippen LogP contribution in [0.5, 0.6) is 0 Å². The molecule has 1 aromatic carbocycles. The van der Waals surface area contributed by atoms with Gasteiger partial charge in [0, 0.05) is 37.2 Å². The van der Waals surface area contributed by atoms with Gasteiger partial charge in [-0.05, 0) is 25.6 Å². The van der Waals surface area contributed by atoms with E-state index in [-0.39, 0.29) is 24.4 Å². The Labute approximate surface area is 137 Å². The van der Waals surface area contributed by atoms with Gasteiger partial charge in [-0.1, -0.05) is 29.8 Å². The number of halogens is 2. The fourth-order valence-corrected chi connectivity index (χ4v) is 2.93.